The maximum atomic E-state index is 10.7. The van der Waals surface area contributed by atoms with Crippen molar-refractivity contribution in [3.63, 3.8) is 0 Å². The Labute approximate surface area is 63.1 Å². The summed E-state index contributed by atoms with van der Waals surface area (Å²) in [5.74, 6) is -1.78. The van der Waals surface area contributed by atoms with Gasteiger partial charge in [-0.3, -0.25) is 4.79 Å². The zero-order chi connectivity index (χ0) is 8.59. The summed E-state index contributed by atoms with van der Waals surface area (Å²) in [7, 11) is 0. The molecule has 1 atom stereocenters. The number of carbonyl (C=O) groups is 1. The Balaban J connectivity index is 3.11. The fourth-order valence-corrected chi connectivity index (χ4v) is 0.830. The molecule has 0 saturated carbocycles. The Morgan fingerprint density at radius 3 is 2.55 bits per heavy atom. The number of aliphatic hydroxyl groups excluding tert-OH is 3. The zero-order valence-corrected chi connectivity index (χ0v) is 5.90. The molecule has 4 nitrogen and oxygen atoms in total. The van der Waals surface area contributed by atoms with Crippen LogP contribution in [-0.2, 0) is 4.79 Å². The molecule has 3 N–H and O–H groups in total. The van der Waals surface area contributed by atoms with E-state index in [-0.39, 0.29) is 0 Å². The van der Waals surface area contributed by atoms with Crippen molar-refractivity contribution in [2.24, 2.45) is 0 Å². The largest absolute Gasteiger partial charge is 0.509 e. The van der Waals surface area contributed by atoms with E-state index in [1.165, 1.54) is 6.92 Å². The van der Waals surface area contributed by atoms with E-state index in [2.05, 4.69) is 0 Å². The number of rotatable bonds is 0. The van der Waals surface area contributed by atoms with Crippen LogP contribution in [0.1, 0.15) is 6.92 Å². The fourth-order valence-electron chi connectivity index (χ4n) is 0.830. The molecule has 0 saturated heterocycles. The zero-order valence-electron chi connectivity index (χ0n) is 5.90. The second-order valence-electron chi connectivity index (χ2n) is 2.36. The monoisotopic (exact) mass is 156 g/mol. The lowest BCUT2D eigenvalue weighted by Crippen LogP contribution is -2.28. The van der Waals surface area contributed by atoms with Gasteiger partial charge in [0, 0.05) is 0 Å². The maximum Gasteiger partial charge on any atom is 0.233 e. The number of hydrogen-bond acceptors (Lipinski definition) is 4. The minimum atomic E-state index is -1.60. The maximum absolute atomic E-state index is 10.7. The number of hydrogen-bond donors (Lipinski definition) is 3. The lowest BCUT2D eigenvalue weighted by molar-refractivity contribution is -0.125. The molecular weight excluding hydrogens is 148 g/mol. The van der Waals surface area contributed by atoms with Gasteiger partial charge in [-0.25, -0.2) is 0 Å². The van der Waals surface area contributed by atoms with Gasteiger partial charge < -0.3 is 15.3 Å². The molecule has 0 fully saturated rings. The standard InChI is InChI=1S/C7H8O4/c1-3-2-4(8)6(10)7(11)5(3)9/h2,7-9,11H,1H3. The van der Waals surface area contributed by atoms with Crippen molar-refractivity contribution in [3.8, 4) is 0 Å². The second kappa shape index (κ2) is 2.39. The molecule has 0 aliphatic heterocycles. The number of carbonyl (C=O) groups excluding carboxylic acids is 1. The molecular formula is C7H8O4. The van der Waals surface area contributed by atoms with Crippen molar-refractivity contribution in [2.75, 3.05) is 0 Å². The summed E-state index contributed by atoms with van der Waals surface area (Å²) < 4.78 is 0. The molecule has 0 heterocycles. The first-order valence-electron chi connectivity index (χ1n) is 3.06. The van der Waals surface area contributed by atoms with Crippen molar-refractivity contribution in [2.45, 2.75) is 13.0 Å². The van der Waals surface area contributed by atoms with Gasteiger partial charge in [-0.15, -0.1) is 0 Å². The van der Waals surface area contributed by atoms with E-state index in [4.69, 9.17) is 15.3 Å². The summed E-state index contributed by atoms with van der Waals surface area (Å²) >= 11 is 0. The van der Waals surface area contributed by atoms with Gasteiger partial charge >= 0.3 is 0 Å². The molecule has 0 amide bonds. The Morgan fingerprint density at radius 1 is 1.45 bits per heavy atom. The van der Waals surface area contributed by atoms with Gasteiger partial charge in [0.05, 0.1) is 0 Å². The normalized spacial score (nSPS) is 25.5. The topological polar surface area (TPSA) is 77.8 Å². The Kier molecular flexibility index (Phi) is 1.70. The third-order valence-corrected chi connectivity index (χ3v) is 1.52. The molecule has 0 aromatic heterocycles. The van der Waals surface area contributed by atoms with Crippen LogP contribution >= 0.6 is 0 Å². The van der Waals surface area contributed by atoms with Crippen LogP contribution in [0.25, 0.3) is 0 Å². The van der Waals surface area contributed by atoms with Crippen molar-refractivity contribution < 1.29 is 20.1 Å². The fraction of sp³-hybridized carbons (Fsp3) is 0.286. The van der Waals surface area contributed by atoms with E-state index >= 15 is 0 Å². The van der Waals surface area contributed by atoms with Crippen LogP contribution in [0, 0.1) is 0 Å². The van der Waals surface area contributed by atoms with E-state index in [1.54, 1.807) is 0 Å². The Hall–Kier alpha value is -1.29. The number of Topliss-reactive ketones (excluding diaryl/α,β-unsaturated/α-hetero) is 1. The minimum Gasteiger partial charge on any atom is -0.509 e. The highest BCUT2D eigenvalue weighted by Gasteiger charge is 2.28. The lowest BCUT2D eigenvalue weighted by Gasteiger charge is -2.14. The molecule has 0 radical (unpaired) electrons. The van der Waals surface area contributed by atoms with Crippen LogP contribution in [0.3, 0.4) is 0 Å². The van der Waals surface area contributed by atoms with Crippen LogP contribution in [0.2, 0.25) is 0 Å². The Morgan fingerprint density at radius 2 is 2.00 bits per heavy atom. The smallest absolute Gasteiger partial charge is 0.233 e. The summed E-state index contributed by atoms with van der Waals surface area (Å²) in [6.45, 7) is 1.49. The summed E-state index contributed by atoms with van der Waals surface area (Å²) in [4.78, 5) is 10.7. The molecule has 0 spiro atoms. The first kappa shape index (κ1) is 7.81. The highest BCUT2D eigenvalue weighted by Crippen LogP contribution is 2.17. The molecule has 0 aromatic rings. The first-order valence-corrected chi connectivity index (χ1v) is 3.06. The predicted octanol–water partition coefficient (Wildman–Crippen LogP) is 0.204. The summed E-state index contributed by atoms with van der Waals surface area (Å²) in [5.41, 5.74) is 0.301. The lowest BCUT2D eigenvalue weighted by atomic mass is 10.0. The molecule has 4 heteroatoms. The molecule has 1 unspecified atom stereocenters. The van der Waals surface area contributed by atoms with E-state index in [1.807, 2.05) is 0 Å². The SMILES string of the molecule is CC1=C(O)C(O)C(=O)C(O)=C1. The summed E-state index contributed by atoms with van der Waals surface area (Å²) in [6, 6.07) is 0. The predicted molar refractivity (Wildman–Crippen MR) is 37.1 cm³/mol. The van der Waals surface area contributed by atoms with E-state index < -0.39 is 23.4 Å². The average Bonchev–Trinajstić information content (AvgIpc) is 1.97. The third-order valence-electron chi connectivity index (χ3n) is 1.52. The number of allylic oxidation sites excluding steroid dienone is 2. The van der Waals surface area contributed by atoms with E-state index in [9.17, 15) is 4.79 Å². The number of ketones is 1. The van der Waals surface area contributed by atoms with Crippen molar-refractivity contribution in [1.29, 1.82) is 0 Å². The third kappa shape index (κ3) is 1.12. The van der Waals surface area contributed by atoms with Crippen LogP contribution in [0.5, 0.6) is 0 Å². The van der Waals surface area contributed by atoms with Crippen molar-refractivity contribution in [3.05, 3.63) is 23.2 Å². The van der Waals surface area contributed by atoms with Crippen LogP contribution < -0.4 is 0 Å². The molecule has 60 valence electrons. The van der Waals surface area contributed by atoms with Gasteiger partial charge in [-0.05, 0) is 18.6 Å². The highest BCUT2D eigenvalue weighted by molar-refractivity contribution is 6.00. The summed E-state index contributed by atoms with van der Waals surface area (Å²) in [5, 5.41) is 26.8. The molecule has 1 rings (SSSR count). The quantitative estimate of drug-likeness (QED) is 0.468. The molecule has 0 bridgehead atoms. The van der Waals surface area contributed by atoms with Crippen LogP contribution in [-0.4, -0.2) is 27.2 Å². The van der Waals surface area contributed by atoms with Crippen LogP contribution in [0.15, 0.2) is 23.2 Å². The molecule has 11 heavy (non-hydrogen) atoms. The van der Waals surface area contributed by atoms with Gasteiger partial charge in [0.25, 0.3) is 0 Å². The number of aliphatic hydroxyl groups is 3. The van der Waals surface area contributed by atoms with Crippen molar-refractivity contribution >= 4 is 5.78 Å². The van der Waals surface area contributed by atoms with Gasteiger partial charge in [0.2, 0.25) is 5.78 Å². The molecule has 1 aliphatic rings. The van der Waals surface area contributed by atoms with Gasteiger partial charge in [0.15, 0.2) is 11.9 Å². The molecule has 0 aromatic carbocycles. The van der Waals surface area contributed by atoms with E-state index in [0.29, 0.717) is 5.57 Å². The van der Waals surface area contributed by atoms with Gasteiger partial charge in [-0.2, -0.15) is 0 Å². The van der Waals surface area contributed by atoms with Gasteiger partial charge in [-0.1, -0.05) is 0 Å². The molecule has 1 aliphatic carbocycles. The van der Waals surface area contributed by atoms with Crippen LogP contribution in [0.4, 0.5) is 0 Å². The summed E-state index contributed by atoms with van der Waals surface area (Å²) in [6.07, 6.45) is -0.482. The Bertz CT molecular complexity index is 262. The minimum absolute atomic E-state index is 0.301. The highest BCUT2D eigenvalue weighted by atomic mass is 16.3. The van der Waals surface area contributed by atoms with E-state index in [0.717, 1.165) is 6.08 Å². The second-order valence-corrected chi connectivity index (χ2v) is 2.36. The first-order chi connectivity index (χ1) is 5.04. The average molecular weight is 156 g/mol. The van der Waals surface area contributed by atoms with Gasteiger partial charge in [0.1, 0.15) is 5.76 Å². The van der Waals surface area contributed by atoms with Crippen molar-refractivity contribution in [1.82, 2.24) is 0 Å².